The zero-order valence-electron chi connectivity index (χ0n) is 12.1. The Bertz CT molecular complexity index is 862. The van der Waals surface area contributed by atoms with E-state index in [9.17, 15) is 4.79 Å². The zero-order chi connectivity index (χ0) is 15.5. The molecule has 22 heavy (non-hydrogen) atoms. The Kier molecular flexibility index (Phi) is 4.64. The zero-order valence-corrected chi connectivity index (χ0v) is 14.5. The van der Waals surface area contributed by atoms with Gasteiger partial charge in [0.25, 0.3) is 5.56 Å². The number of rotatable bonds is 4. The average molecular weight is 375 g/mol. The molecule has 112 valence electrons. The van der Waals surface area contributed by atoms with Gasteiger partial charge in [0, 0.05) is 16.8 Å². The molecule has 0 saturated heterocycles. The van der Waals surface area contributed by atoms with Gasteiger partial charge in [-0.15, -0.1) is 0 Å². The first kappa shape index (κ1) is 15.3. The molecule has 0 aliphatic carbocycles. The molecule has 0 unspecified atom stereocenters. The summed E-state index contributed by atoms with van der Waals surface area (Å²) in [7, 11) is 0. The van der Waals surface area contributed by atoms with Crippen LogP contribution in [0.2, 0.25) is 0 Å². The summed E-state index contributed by atoms with van der Waals surface area (Å²) in [5, 5.41) is 1.42. The van der Waals surface area contributed by atoms with Crippen LogP contribution < -0.4 is 5.56 Å². The third-order valence-electron chi connectivity index (χ3n) is 3.41. The van der Waals surface area contributed by atoms with Crippen molar-refractivity contribution >= 4 is 38.6 Å². The van der Waals surface area contributed by atoms with E-state index in [2.05, 4.69) is 33.0 Å². The molecular weight excluding hydrogens is 360 g/mol. The Balaban J connectivity index is 2.01. The summed E-state index contributed by atoms with van der Waals surface area (Å²) < 4.78 is 2.63. The van der Waals surface area contributed by atoms with E-state index in [0.29, 0.717) is 11.9 Å². The second-order valence-electron chi connectivity index (χ2n) is 4.88. The second-order valence-corrected chi connectivity index (χ2v) is 6.74. The van der Waals surface area contributed by atoms with Crippen LogP contribution in [0.15, 0.2) is 63.0 Å². The molecule has 0 aliphatic rings. The smallest absolute Gasteiger partial charge is 0.262 e. The molecule has 3 nitrogen and oxygen atoms in total. The van der Waals surface area contributed by atoms with Gasteiger partial charge in [-0.1, -0.05) is 58.0 Å². The van der Waals surface area contributed by atoms with Crippen molar-refractivity contribution < 1.29 is 0 Å². The van der Waals surface area contributed by atoms with Gasteiger partial charge in [-0.3, -0.25) is 9.36 Å². The van der Waals surface area contributed by atoms with Crippen molar-refractivity contribution in [2.24, 2.45) is 0 Å². The van der Waals surface area contributed by atoms with Gasteiger partial charge in [-0.25, -0.2) is 4.98 Å². The van der Waals surface area contributed by atoms with E-state index < -0.39 is 0 Å². The van der Waals surface area contributed by atoms with E-state index in [1.54, 1.807) is 16.3 Å². The fourth-order valence-corrected chi connectivity index (χ4v) is 3.66. The van der Waals surface area contributed by atoms with Crippen LogP contribution in [0.1, 0.15) is 12.5 Å². The van der Waals surface area contributed by atoms with Crippen molar-refractivity contribution in [3.8, 4) is 0 Å². The maximum atomic E-state index is 12.6. The van der Waals surface area contributed by atoms with Gasteiger partial charge in [0.15, 0.2) is 5.16 Å². The number of halogens is 1. The van der Waals surface area contributed by atoms with Crippen molar-refractivity contribution in [1.82, 2.24) is 9.55 Å². The van der Waals surface area contributed by atoms with Crippen LogP contribution in [0.4, 0.5) is 0 Å². The Hall–Kier alpha value is -1.59. The summed E-state index contributed by atoms with van der Waals surface area (Å²) in [6, 6.07) is 15.8. The molecule has 0 fully saturated rings. The lowest BCUT2D eigenvalue weighted by atomic mass is 10.2. The third kappa shape index (κ3) is 3.10. The van der Waals surface area contributed by atoms with Gasteiger partial charge in [0.2, 0.25) is 0 Å². The molecule has 5 heteroatoms. The molecule has 2 aromatic carbocycles. The highest BCUT2D eigenvalue weighted by molar-refractivity contribution is 9.10. The summed E-state index contributed by atoms with van der Waals surface area (Å²) in [5.74, 6) is 0.801. The first-order valence-electron chi connectivity index (χ1n) is 7.06. The Morgan fingerprint density at radius 2 is 1.95 bits per heavy atom. The first-order valence-corrected chi connectivity index (χ1v) is 8.83. The van der Waals surface area contributed by atoms with E-state index in [-0.39, 0.29) is 5.56 Å². The lowest BCUT2D eigenvalue weighted by Gasteiger charge is -2.11. The van der Waals surface area contributed by atoms with Gasteiger partial charge in [0.1, 0.15) is 0 Å². The molecule has 0 amide bonds. The monoisotopic (exact) mass is 374 g/mol. The SMILES string of the molecule is CCn1c(SCc2ccccc2)nc2ccc(Br)cc2c1=O. The highest BCUT2D eigenvalue weighted by Gasteiger charge is 2.11. The Labute approximate surface area is 141 Å². The van der Waals surface area contributed by atoms with Gasteiger partial charge in [-0.2, -0.15) is 0 Å². The summed E-state index contributed by atoms with van der Waals surface area (Å²) in [6.07, 6.45) is 0. The van der Waals surface area contributed by atoms with Crippen LogP contribution in [-0.4, -0.2) is 9.55 Å². The van der Waals surface area contributed by atoms with Gasteiger partial charge in [0.05, 0.1) is 10.9 Å². The van der Waals surface area contributed by atoms with Crippen molar-refractivity contribution in [3.05, 3.63) is 68.9 Å². The molecule has 0 saturated carbocycles. The van der Waals surface area contributed by atoms with E-state index >= 15 is 0 Å². The molecule has 0 aliphatic heterocycles. The van der Waals surface area contributed by atoms with E-state index in [1.165, 1.54) is 5.56 Å². The fraction of sp³-hybridized carbons (Fsp3) is 0.176. The summed E-state index contributed by atoms with van der Waals surface area (Å²) >= 11 is 5.01. The fourth-order valence-electron chi connectivity index (χ4n) is 2.28. The number of aromatic nitrogens is 2. The lowest BCUT2D eigenvalue weighted by molar-refractivity contribution is 0.634. The van der Waals surface area contributed by atoms with Crippen molar-refractivity contribution in [1.29, 1.82) is 0 Å². The molecule has 0 N–H and O–H groups in total. The minimum atomic E-state index is 0.0179. The highest BCUT2D eigenvalue weighted by Crippen LogP contribution is 2.23. The molecule has 1 aromatic heterocycles. The standard InChI is InChI=1S/C17H15BrN2OS/c1-2-20-16(21)14-10-13(18)8-9-15(14)19-17(20)22-11-12-6-4-3-5-7-12/h3-10H,2,11H2,1H3. The number of fused-ring (bicyclic) bond motifs is 1. The molecule has 3 rings (SSSR count). The minimum Gasteiger partial charge on any atom is -0.287 e. The molecule has 3 aromatic rings. The average Bonchev–Trinajstić information content (AvgIpc) is 2.55. The van der Waals surface area contributed by atoms with Crippen LogP contribution in [0.25, 0.3) is 10.9 Å². The molecule has 0 bridgehead atoms. The summed E-state index contributed by atoms with van der Waals surface area (Å²) in [6.45, 7) is 2.59. The van der Waals surface area contributed by atoms with E-state index in [1.807, 2.05) is 43.3 Å². The number of thioether (sulfide) groups is 1. The molecular formula is C17H15BrN2OS. The normalized spacial score (nSPS) is 11.0. The van der Waals surface area contributed by atoms with Crippen molar-refractivity contribution in [3.63, 3.8) is 0 Å². The van der Waals surface area contributed by atoms with Crippen molar-refractivity contribution in [2.75, 3.05) is 0 Å². The lowest BCUT2D eigenvalue weighted by Crippen LogP contribution is -2.22. The van der Waals surface area contributed by atoms with Gasteiger partial charge in [-0.05, 0) is 30.7 Å². The predicted molar refractivity (Wildman–Crippen MR) is 95.4 cm³/mol. The van der Waals surface area contributed by atoms with Gasteiger partial charge < -0.3 is 0 Å². The molecule has 0 atom stereocenters. The van der Waals surface area contributed by atoms with Crippen LogP contribution in [0.5, 0.6) is 0 Å². The first-order chi connectivity index (χ1) is 10.7. The molecule has 0 spiro atoms. The number of hydrogen-bond donors (Lipinski definition) is 0. The molecule has 0 radical (unpaired) electrons. The summed E-state index contributed by atoms with van der Waals surface area (Å²) in [4.78, 5) is 17.3. The number of hydrogen-bond acceptors (Lipinski definition) is 3. The van der Waals surface area contributed by atoms with E-state index in [4.69, 9.17) is 0 Å². The van der Waals surface area contributed by atoms with E-state index in [0.717, 1.165) is 20.9 Å². The third-order valence-corrected chi connectivity index (χ3v) is 4.95. The summed E-state index contributed by atoms with van der Waals surface area (Å²) in [5.41, 5.74) is 1.98. The largest absolute Gasteiger partial charge is 0.287 e. The minimum absolute atomic E-state index is 0.0179. The Morgan fingerprint density at radius 1 is 1.18 bits per heavy atom. The quantitative estimate of drug-likeness (QED) is 0.499. The maximum Gasteiger partial charge on any atom is 0.262 e. The van der Waals surface area contributed by atoms with Crippen LogP contribution >= 0.6 is 27.7 Å². The number of benzene rings is 2. The predicted octanol–water partition coefficient (Wildman–Crippen LogP) is 4.47. The maximum absolute atomic E-state index is 12.6. The van der Waals surface area contributed by atoms with Crippen molar-refractivity contribution in [2.45, 2.75) is 24.4 Å². The Morgan fingerprint density at radius 3 is 2.68 bits per heavy atom. The highest BCUT2D eigenvalue weighted by atomic mass is 79.9. The number of nitrogens with zero attached hydrogens (tertiary/aromatic N) is 2. The second kappa shape index (κ2) is 6.67. The van der Waals surface area contributed by atoms with Crippen LogP contribution in [0.3, 0.4) is 0 Å². The van der Waals surface area contributed by atoms with Gasteiger partial charge >= 0.3 is 0 Å². The molecule has 1 heterocycles. The topological polar surface area (TPSA) is 34.9 Å². The van der Waals surface area contributed by atoms with Crippen LogP contribution in [-0.2, 0) is 12.3 Å². The van der Waals surface area contributed by atoms with Crippen LogP contribution in [0, 0.1) is 0 Å².